The number of amides is 2. The number of carbonyl (C=O) groups excluding carboxylic acids is 2. The van der Waals surface area contributed by atoms with Crippen LogP contribution in [0.5, 0.6) is 0 Å². The molecule has 0 radical (unpaired) electrons. The average molecular weight is 264 g/mol. The predicted molar refractivity (Wildman–Crippen MR) is 68.5 cm³/mol. The summed E-state index contributed by atoms with van der Waals surface area (Å²) in [6, 6.07) is 5.61. The number of carboxylic acid groups (broad SMARTS) is 1. The predicted octanol–water partition coefficient (Wildman–Crippen LogP) is 0.526. The van der Waals surface area contributed by atoms with Crippen molar-refractivity contribution in [1.29, 1.82) is 0 Å². The van der Waals surface area contributed by atoms with E-state index in [1.54, 1.807) is 19.1 Å². The minimum Gasteiger partial charge on any atom is -0.478 e. The number of rotatable bonds is 5. The number of aromatic carboxylic acids is 1. The third-order valence-corrected chi connectivity index (χ3v) is 2.48. The second-order valence-electron chi connectivity index (χ2n) is 4.14. The summed E-state index contributed by atoms with van der Waals surface area (Å²) in [7, 11) is 0. The molecule has 1 rings (SSSR count). The van der Waals surface area contributed by atoms with E-state index in [1.165, 1.54) is 19.1 Å². The molecule has 0 saturated carbocycles. The fourth-order valence-electron chi connectivity index (χ4n) is 1.48. The van der Waals surface area contributed by atoms with Crippen molar-refractivity contribution in [2.75, 3.05) is 0 Å². The maximum absolute atomic E-state index is 11.6. The fourth-order valence-corrected chi connectivity index (χ4v) is 1.48. The van der Waals surface area contributed by atoms with Crippen LogP contribution in [-0.4, -0.2) is 28.9 Å². The molecule has 0 saturated heterocycles. The molecule has 0 aliphatic carbocycles. The third kappa shape index (κ3) is 4.79. The number of carbonyl (C=O) groups is 3. The lowest BCUT2D eigenvalue weighted by Gasteiger charge is -2.12. The number of carboxylic acids is 1. The summed E-state index contributed by atoms with van der Waals surface area (Å²) < 4.78 is 0. The van der Waals surface area contributed by atoms with Crippen LogP contribution in [0.3, 0.4) is 0 Å². The van der Waals surface area contributed by atoms with Crippen molar-refractivity contribution in [2.24, 2.45) is 0 Å². The first kappa shape index (κ1) is 14.7. The van der Waals surface area contributed by atoms with Gasteiger partial charge in [0, 0.05) is 13.5 Å². The van der Waals surface area contributed by atoms with E-state index in [4.69, 9.17) is 5.11 Å². The van der Waals surface area contributed by atoms with E-state index in [2.05, 4.69) is 10.6 Å². The molecule has 3 N–H and O–H groups in total. The van der Waals surface area contributed by atoms with Gasteiger partial charge in [-0.05, 0) is 24.6 Å². The Labute approximate surface area is 110 Å². The summed E-state index contributed by atoms with van der Waals surface area (Å²) in [4.78, 5) is 33.1. The van der Waals surface area contributed by atoms with E-state index in [9.17, 15) is 14.4 Å². The fraction of sp³-hybridized carbons (Fsp3) is 0.308. The van der Waals surface area contributed by atoms with Crippen LogP contribution in [0.15, 0.2) is 24.3 Å². The van der Waals surface area contributed by atoms with Gasteiger partial charge in [0.25, 0.3) is 0 Å². The quantitative estimate of drug-likeness (QED) is 0.722. The molecule has 1 aromatic rings. The van der Waals surface area contributed by atoms with E-state index in [0.717, 1.165) is 5.56 Å². The monoisotopic (exact) mass is 264 g/mol. The van der Waals surface area contributed by atoms with E-state index < -0.39 is 12.0 Å². The highest BCUT2D eigenvalue weighted by atomic mass is 16.4. The number of nitrogens with one attached hydrogen (secondary N) is 2. The lowest BCUT2D eigenvalue weighted by atomic mass is 10.1. The second kappa shape index (κ2) is 6.53. The van der Waals surface area contributed by atoms with Crippen molar-refractivity contribution >= 4 is 17.8 Å². The van der Waals surface area contributed by atoms with E-state index >= 15 is 0 Å². The molecular weight excluding hydrogens is 248 g/mol. The van der Waals surface area contributed by atoms with Gasteiger partial charge >= 0.3 is 5.97 Å². The van der Waals surface area contributed by atoms with Gasteiger partial charge in [-0.25, -0.2) is 4.79 Å². The maximum atomic E-state index is 11.6. The lowest BCUT2D eigenvalue weighted by Crippen LogP contribution is -2.43. The first-order valence-corrected chi connectivity index (χ1v) is 5.77. The van der Waals surface area contributed by atoms with E-state index in [0.29, 0.717) is 0 Å². The van der Waals surface area contributed by atoms with Gasteiger partial charge < -0.3 is 15.7 Å². The Hall–Kier alpha value is -2.37. The topological polar surface area (TPSA) is 95.5 Å². The molecule has 0 aliphatic heterocycles. The Morgan fingerprint density at radius 3 is 2.26 bits per heavy atom. The van der Waals surface area contributed by atoms with Crippen LogP contribution >= 0.6 is 0 Å². The lowest BCUT2D eigenvalue weighted by molar-refractivity contribution is -0.127. The SMILES string of the molecule is CC(=O)NC(C)C(=O)NCc1ccc(C(=O)O)cc1. The molecule has 6 nitrogen and oxygen atoms in total. The molecule has 2 amide bonds. The van der Waals surface area contributed by atoms with Gasteiger partial charge in [0.2, 0.25) is 11.8 Å². The number of hydrogen-bond donors (Lipinski definition) is 3. The summed E-state index contributed by atoms with van der Waals surface area (Å²) in [5.74, 6) is -1.55. The Balaban J connectivity index is 2.50. The van der Waals surface area contributed by atoms with Crippen LogP contribution in [0.2, 0.25) is 0 Å². The van der Waals surface area contributed by atoms with Crippen LogP contribution in [0, 0.1) is 0 Å². The van der Waals surface area contributed by atoms with Crippen LogP contribution in [0.25, 0.3) is 0 Å². The first-order valence-electron chi connectivity index (χ1n) is 5.77. The molecule has 102 valence electrons. The molecule has 0 aliphatic rings. The van der Waals surface area contributed by atoms with E-state index in [-0.39, 0.29) is 23.9 Å². The van der Waals surface area contributed by atoms with Gasteiger partial charge in [0.15, 0.2) is 0 Å². The molecule has 0 heterocycles. The van der Waals surface area contributed by atoms with Crippen LogP contribution in [-0.2, 0) is 16.1 Å². The van der Waals surface area contributed by atoms with Crippen molar-refractivity contribution < 1.29 is 19.5 Å². The molecule has 0 spiro atoms. The largest absolute Gasteiger partial charge is 0.478 e. The standard InChI is InChI=1S/C13H16N2O4/c1-8(15-9(2)16)12(17)14-7-10-3-5-11(6-4-10)13(18)19/h3-6,8H,7H2,1-2H3,(H,14,17)(H,15,16)(H,18,19). The van der Waals surface area contributed by atoms with Gasteiger partial charge in [0.1, 0.15) is 6.04 Å². The summed E-state index contributed by atoms with van der Waals surface area (Å²) in [5.41, 5.74) is 0.982. The van der Waals surface area contributed by atoms with Crippen molar-refractivity contribution in [3.05, 3.63) is 35.4 Å². The zero-order valence-electron chi connectivity index (χ0n) is 10.8. The van der Waals surface area contributed by atoms with Gasteiger partial charge in [-0.3, -0.25) is 9.59 Å². The highest BCUT2D eigenvalue weighted by molar-refractivity contribution is 5.87. The molecular formula is C13H16N2O4. The minimum atomic E-state index is -0.991. The summed E-state index contributed by atoms with van der Waals surface area (Å²) in [6.45, 7) is 3.21. The number of benzene rings is 1. The molecule has 6 heteroatoms. The second-order valence-corrected chi connectivity index (χ2v) is 4.14. The van der Waals surface area contributed by atoms with Crippen molar-refractivity contribution in [3.63, 3.8) is 0 Å². The Morgan fingerprint density at radius 1 is 1.21 bits per heavy atom. The van der Waals surface area contributed by atoms with Crippen LogP contribution < -0.4 is 10.6 Å². The van der Waals surface area contributed by atoms with E-state index in [1.807, 2.05) is 0 Å². The summed E-state index contributed by atoms with van der Waals surface area (Å²) >= 11 is 0. The van der Waals surface area contributed by atoms with Gasteiger partial charge in [-0.1, -0.05) is 12.1 Å². The van der Waals surface area contributed by atoms with Crippen molar-refractivity contribution in [1.82, 2.24) is 10.6 Å². The Morgan fingerprint density at radius 2 is 1.79 bits per heavy atom. The number of hydrogen-bond acceptors (Lipinski definition) is 3. The smallest absolute Gasteiger partial charge is 0.335 e. The highest BCUT2D eigenvalue weighted by Gasteiger charge is 2.12. The molecule has 0 fully saturated rings. The minimum absolute atomic E-state index is 0.196. The Kier molecular flexibility index (Phi) is 5.05. The first-order chi connectivity index (χ1) is 8.90. The molecule has 1 atom stereocenters. The molecule has 1 unspecified atom stereocenters. The third-order valence-electron chi connectivity index (χ3n) is 2.48. The zero-order chi connectivity index (χ0) is 14.4. The summed E-state index contributed by atoms with van der Waals surface area (Å²) in [6.07, 6.45) is 0. The highest BCUT2D eigenvalue weighted by Crippen LogP contribution is 2.04. The normalized spacial score (nSPS) is 11.5. The molecule has 1 aromatic carbocycles. The molecule has 0 aromatic heterocycles. The molecule has 19 heavy (non-hydrogen) atoms. The average Bonchev–Trinajstić information content (AvgIpc) is 2.35. The zero-order valence-corrected chi connectivity index (χ0v) is 10.8. The van der Waals surface area contributed by atoms with Gasteiger partial charge in [-0.2, -0.15) is 0 Å². The van der Waals surface area contributed by atoms with Crippen LogP contribution in [0.4, 0.5) is 0 Å². The van der Waals surface area contributed by atoms with Crippen molar-refractivity contribution in [2.45, 2.75) is 26.4 Å². The molecule has 0 bridgehead atoms. The maximum Gasteiger partial charge on any atom is 0.335 e. The van der Waals surface area contributed by atoms with Crippen LogP contribution in [0.1, 0.15) is 29.8 Å². The van der Waals surface area contributed by atoms with Gasteiger partial charge in [0.05, 0.1) is 5.56 Å². The Bertz CT molecular complexity index is 482. The van der Waals surface area contributed by atoms with Gasteiger partial charge in [-0.15, -0.1) is 0 Å². The summed E-state index contributed by atoms with van der Waals surface area (Å²) in [5, 5.41) is 13.9. The van der Waals surface area contributed by atoms with Crippen molar-refractivity contribution in [3.8, 4) is 0 Å².